The molecule has 1 atom stereocenters. The monoisotopic (exact) mass is 235 g/mol. The molecule has 0 spiro atoms. The van der Waals surface area contributed by atoms with Gasteiger partial charge in [-0.2, -0.15) is 5.26 Å². The Kier molecular flexibility index (Phi) is 3.75. The Bertz CT molecular complexity index is 299. The maximum atomic E-state index is 9.60. The molecular formula is C14H25N3. The van der Waals surface area contributed by atoms with Gasteiger partial charge in [0, 0.05) is 19.1 Å². The predicted molar refractivity (Wildman–Crippen MR) is 69.6 cm³/mol. The summed E-state index contributed by atoms with van der Waals surface area (Å²) in [6.07, 6.45) is 5.19. The molecule has 1 N–H and O–H groups in total. The van der Waals surface area contributed by atoms with E-state index in [2.05, 4.69) is 37.2 Å². The first-order valence-corrected chi connectivity index (χ1v) is 6.93. The summed E-state index contributed by atoms with van der Waals surface area (Å²) in [7, 11) is 2.16. The van der Waals surface area contributed by atoms with Crippen molar-refractivity contribution in [2.45, 2.75) is 51.1 Å². The van der Waals surface area contributed by atoms with Crippen LogP contribution in [0.1, 0.15) is 39.5 Å². The Morgan fingerprint density at radius 2 is 2.00 bits per heavy atom. The van der Waals surface area contributed by atoms with Crippen molar-refractivity contribution >= 4 is 0 Å². The van der Waals surface area contributed by atoms with Crippen molar-refractivity contribution in [2.24, 2.45) is 11.8 Å². The Morgan fingerprint density at radius 1 is 1.35 bits per heavy atom. The van der Waals surface area contributed by atoms with Gasteiger partial charge in [-0.15, -0.1) is 0 Å². The van der Waals surface area contributed by atoms with Crippen LogP contribution in [0.5, 0.6) is 0 Å². The lowest BCUT2D eigenvalue weighted by Crippen LogP contribution is -2.56. The third-order valence-electron chi connectivity index (χ3n) is 3.81. The van der Waals surface area contributed by atoms with Gasteiger partial charge in [0.15, 0.2) is 0 Å². The number of hydrogen-bond acceptors (Lipinski definition) is 3. The third kappa shape index (κ3) is 3.43. The van der Waals surface area contributed by atoms with Gasteiger partial charge in [-0.05, 0) is 58.4 Å². The lowest BCUT2D eigenvalue weighted by Gasteiger charge is -2.34. The number of hydrogen-bond donors (Lipinski definition) is 1. The van der Waals surface area contributed by atoms with Gasteiger partial charge in [0.1, 0.15) is 5.54 Å². The first-order valence-electron chi connectivity index (χ1n) is 6.93. The second kappa shape index (κ2) is 4.96. The summed E-state index contributed by atoms with van der Waals surface area (Å²) in [5.41, 5.74) is -0.308. The summed E-state index contributed by atoms with van der Waals surface area (Å²) in [5.74, 6) is 1.46. The van der Waals surface area contributed by atoms with Crippen molar-refractivity contribution in [3.8, 4) is 6.07 Å². The van der Waals surface area contributed by atoms with E-state index in [0.29, 0.717) is 12.0 Å². The van der Waals surface area contributed by atoms with Gasteiger partial charge >= 0.3 is 0 Å². The smallest absolute Gasteiger partial charge is 0.122 e. The van der Waals surface area contributed by atoms with E-state index in [4.69, 9.17) is 0 Å². The van der Waals surface area contributed by atoms with Crippen LogP contribution in [0.4, 0.5) is 0 Å². The van der Waals surface area contributed by atoms with Gasteiger partial charge in [0.05, 0.1) is 6.07 Å². The van der Waals surface area contributed by atoms with Crippen LogP contribution in [0.15, 0.2) is 0 Å². The molecule has 0 heterocycles. The topological polar surface area (TPSA) is 39.1 Å². The zero-order chi connectivity index (χ0) is 12.5. The number of nitriles is 1. The van der Waals surface area contributed by atoms with Crippen LogP contribution in [0.25, 0.3) is 0 Å². The van der Waals surface area contributed by atoms with Crippen molar-refractivity contribution in [3.05, 3.63) is 0 Å². The molecule has 2 aliphatic rings. The highest BCUT2D eigenvalue weighted by atomic mass is 15.2. The van der Waals surface area contributed by atoms with Gasteiger partial charge in [-0.3, -0.25) is 5.32 Å². The molecule has 2 fully saturated rings. The second-order valence-electron chi connectivity index (χ2n) is 6.30. The minimum absolute atomic E-state index is 0.308. The van der Waals surface area contributed by atoms with Gasteiger partial charge in [-0.1, -0.05) is 0 Å². The SMILES string of the molecule is CC(C)NC(C#N)(CN(C)CC1CC1)C1CC1. The van der Waals surface area contributed by atoms with Crippen LogP contribution in [0, 0.1) is 23.2 Å². The Labute approximate surface area is 105 Å². The molecule has 0 bridgehead atoms. The molecule has 0 aromatic carbocycles. The fourth-order valence-electron chi connectivity index (χ4n) is 2.77. The summed E-state index contributed by atoms with van der Waals surface area (Å²) >= 11 is 0. The maximum Gasteiger partial charge on any atom is 0.122 e. The molecule has 0 aliphatic heterocycles. The first kappa shape index (κ1) is 12.9. The summed E-state index contributed by atoms with van der Waals surface area (Å²) in [4.78, 5) is 2.36. The average molecular weight is 235 g/mol. The zero-order valence-electron chi connectivity index (χ0n) is 11.4. The predicted octanol–water partition coefficient (Wildman–Crippen LogP) is 2.00. The highest BCUT2D eigenvalue weighted by Gasteiger charge is 2.46. The minimum atomic E-state index is -0.308. The lowest BCUT2D eigenvalue weighted by atomic mass is 9.93. The molecule has 2 saturated carbocycles. The van der Waals surface area contributed by atoms with Crippen molar-refractivity contribution < 1.29 is 0 Å². The molecule has 0 amide bonds. The molecule has 0 aromatic rings. The van der Waals surface area contributed by atoms with Crippen LogP contribution < -0.4 is 5.32 Å². The molecule has 0 saturated heterocycles. The summed E-state index contributed by atoms with van der Waals surface area (Å²) in [5, 5.41) is 13.1. The number of likely N-dealkylation sites (N-methyl/N-ethyl adjacent to an activating group) is 1. The molecule has 2 rings (SSSR count). The van der Waals surface area contributed by atoms with E-state index in [1.165, 1.54) is 25.7 Å². The first-order chi connectivity index (χ1) is 8.05. The Balaban J connectivity index is 1.95. The highest BCUT2D eigenvalue weighted by Crippen LogP contribution is 2.40. The largest absolute Gasteiger partial charge is 0.303 e. The molecule has 0 aromatic heterocycles. The van der Waals surface area contributed by atoms with Gasteiger partial charge in [0.2, 0.25) is 0 Å². The molecular weight excluding hydrogens is 210 g/mol. The van der Waals surface area contributed by atoms with Crippen molar-refractivity contribution in [3.63, 3.8) is 0 Å². The Morgan fingerprint density at radius 3 is 2.41 bits per heavy atom. The average Bonchev–Trinajstić information content (AvgIpc) is 3.08. The van der Waals surface area contributed by atoms with Crippen molar-refractivity contribution in [1.82, 2.24) is 10.2 Å². The molecule has 3 nitrogen and oxygen atoms in total. The van der Waals surface area contributed by atoms with Crippen molar-refractivity contribution in [2.75, 3.05) is 20.1 Å². The molecule has 1 unspecified atom stereocenters. The summed E-state index contributed by atoms with van der Waals surface area (Å²) in [6.45, 7) is 6.31. The summed E-state index contributed by atoms with van der Waals surface area (Å²) < 4.78 is 0. The second-order valence-corrected chi connectivity index (χ2v) is 6.30. The van der Waals surface area contributed by atoms with Crippen LogP contribution in [-0.2, 0) is 0 Å². The van der Waals surface area contributed by atoms with E-state index in [0.717, 1.165) is 19.0 Å². The zero-order valence-corrected chi connectivity index (χ0v) is 11.4. The number of nitrogens with zero attached hydrogens (tertiary/aromatic N) is 2. The number of nitrogens with one attached hydrogen (secondary N) is 1. The van der Waals surface area contributed by atoms with Gasteiger partial charge in [0.25, 0.3) is 0 Å². The fourth-order valence-corrected chi connectivity index (χ4v) is 2.77. The van der Waals surface area contributed by atoms with Crippen LogP contribution >= 0.6 is 0 Å². The summed E-state index contributed by atoms with van der Waals surface area (Å²) in [6, 6.07) is 2.96. The van der Waals surface area contributed by atoms with E-state index >= 15 is 0 Å². The Hall–Kier alpha value is -0.590. The quantitative estimate of drug-likeness (QED) is 0.733. The van der Waals surface area contributed by atoms with Crippen LogP contribution in [-0.4, -0.2) is 36.6 Å². The molecule has 17 heavy (non-hydrogen) atoms. The van der Waals surface area contributed by atoms with E-state index < -0.39 is 0 Å². The number of rotatable bonds is 7. The normalized spacial score (nSPS) is 23.8. The van der Waals surface area contributed by atoms with Gasteiger partial charge in [-0.25, -0.2) is 0 Å². The van der Waals surface area contributed by atoms with Crippen molar-refractivity contribution in [1.29, 1.82) is 5.26 Å². The molecule has 0 radical (unpaired) electrons. The molecule has 2 aliphatic carbocycles. The van der Waals surface area contributed by atoms with E-state index in [1.807, 2.05) is 0 Å². The minimum Gasteiger partial charge on any atom is -0.303 e. The standard InChI is InChI=1S/C14H25N3/c1-11(2)16-14(9-15,13-6-7-13)10-17(3)8-12-4-5-12/h11-13,16H,4-8,10H2,1-3H3. The van der Waals surface area contributed by atoms with E-state index in [-0.39, 0.29) is 5.54 Å². The maximum absolute atomic E-state index is 9.60. The van der Waals surface area contributed by atoms with Crippen LogP contribution in [0.3, 0.4) is 0 Å². The van der Waals surface area contributed by atoms with Crippen LogP contribution in [0.2, 0.25) is 0 Å². The van der Waals surface area contributed by atoms with E-state index in [1.54, 1.807) is 0 Å². The van der Waals surface area contributed by atoms with Gasteiger partial charge < -0.3 is 4.90 Å². The lowest BCUT2D eigenvalue weighted by molar-refractivity contribution is 0.212. The molecule has 3 heteroatoms. The molecule has 96 valence electrons. The highest BCUT2D eigenvalue weighted by molar-refractivity contribution is 5.17. The fraction of sp³-hybridized carbons (Fsp3) is 0.929. The third-order valence-corrected chi connectivity index (χ3v) is 3.81. The van der Waals surface area contributed by atoms with E-state index in [9.17, 15) is 5.26 Å².